The first kappa shape index (κ1) is 124. The molecule has 115 heavy (non-hydrogen) atoms. The van der Waals surface area contributed by atoms with Crippen molar-refractivity contribution >= 4 is 0 Å². The van der Waals surface area contributed by atoms with Crippen LogP contribution in [0.2, 0.25) is 0 Å². The maximum atomic E-state index is 7.57. The van der Waals surface area contributed by atoms with E-state index in [-0.39, 0.29) is 28.3 Å². The Bertz CT molecular complexity index is 1190. The summed E-state index contributed by atoms with van der Waals surface area (Å²) in [6.45, 7) is 22.5. The standard InChI is InChI=1S/3C36H74N.C2H6O.Ti/c3*1-3-5-7-9-11-13-15-17-19-21-23-25-27-29-31-33-35-37-36-34-32-30-28-26-24-22-20-18-16-14-12-10-8-6-4-2;1-2-3;/h3*3-36H2,1-2H3;3H,2H2,1H3;/q3*-1;;+3. The van der Waals surface area contributed by atoms with E-state index in [0.29, 0.717) is 0 Å². The van der Waals surface area contributed by atoms with E-state index >= 15 is 0 Å². The molecule has 0 bridgehead atoms. The topological polar surface area (TPSA) is 62.5 Å². The molecule has 0 aliphatic carbocycles. The van der Waals surface area contributed by atoms with Gasteiger partial charge in [0.15, 0.2) is 0 Å². The van der Waals surface area contributed by atoms with Gasteiger partial charge in [0, 0.05) is 6.61 Å². The van der Waals surface area contributed by atoms with Crippen molar-refractivity contribution < 1.29 is 26.8 Å². The van der Waals surface area contributed by atoms with Crippen molar-refractivity contribution in [3.63, 3.8) is 0 Å². The van der Waals surface area contributed by atoms with Crippen molar-refractivity contribution in [2.24, 2.45) is 0 Å². The summed E-state index contributed by atoms with van der Waals surface area (Å²) in [6, 6.07) is 0. The molecule has 5 heteroatoms. The van der Waals surface area contributed by atoms with Gasteiger partial charge in [0.25, 0.3) is 0 Å². The van der Waals surface area contributed by atoms with Crippen LogP contribution in [-0.2, 0) is 21.7 Å². The van der Waals surface area contributed by atoms with Crippen molar-refractivity contribution in [3.05, 3.63) is 16.0 Å². The zero-order valence-corrected chi connectivity index (χ0v) is 83.7. The summed E-state index contributed by atoms with van der Waals surface area (Å²) in [5, 5.41) is 21.9. The van der Waals surface area contributed by atoms with Crippen molar-refractivity contribution in [1.29, 1.82) is 0 Å². The Hall–Kier alpha value is 0.554. The van der Waals surface area contributed by atoms with Crippen LogP contribution in [0.3, 0.4) is 0 Å². The largest absolute Gasteiger partial charge is 3.00 e. The molecule has 693 valence electrons. The molecule has 0 atom stereocenters. The molecule has 0 aromatic rings. The summed E-state index contributed by atoms with van der Waals surface area (Å²) in [5.41, 5.74) is 0. The minimum atomic E-state index is 0. The predicted octanol–water partition coefficient (Wildman–Crippen LogP) is 41.6. The minimum Gasteiger partial charge on any atom is -0.662 e. The second-order valence-electron chi connectivity index (χ2n) is 37.1. The van der Waals surface area contributed by atoms with Crippen LogP contribution < -0.4 is 0 Å². The second kappa shape index (κ2) is 130. The van der Waals surface area contributed by atoms with E-state index < -0.39 is 0 Å². The van der Waals surface area contributed by atoms with Gasteiger partial charge >= 0.3 is 21.7 Å². The SMILES string of the molecule is CCCCCCCCCCCCCCCCCC[N-]CCCCCCCCCCCCCCCCCC.CCCCCCCCCCCCCCCCCC[N-]CCCCCCCCCCCCCCCCCC.CCCCCCCCCCCCCCCCCC[N-]CCCCCCCCCCCCCCCCCC.CCO.[Ti+3]. The van der Waals surface area contributed by atoms with Crippen molar-refractivity contribution in [2.45, 2.75) is 665 Å². The van der Waals surface area contributed by atoms with E-state index in [0.717, 1.165) is 39.3 Å². The number of nitrogens with zero attached hydrogens (tertiary/aromatic N) is 3. The molecule has 0 spiro atoms. The maximum Gasteiger partial charge on any atom is 3.00 e. The average molecular weight is 1660 g/mol. The van der Waals surface area contributed by atoms with E-state index in [1.807, 2.05) is 0 Å². The normalized spacial score (nSPS) is 11.3. The van der Waals surface area contributed by atoms with Crippen LogP contribution >= 0.6 is 0 Å². The first-order valence-corrected chi connectivity index (χ1v) is 55.2. The minimum absolute atomic E-state index is 0. The van der Waals surface area contributed by atoms with Crippen LogP contribution in [0.1, 0.15) is 665 Å². The smallest absolute Gasteiger partial charge is 0.662 e. The van der Waals surface area contributed by atoms with E-state index in [4.69, 9.17) is 21.1 Å². The number of rotatable bonds is 102. The zero-order chi connectivity index (χ0) is 83.0. The van der Waals surface area contributed by atoms with Crippen LogP contribution in [0.25, 0.3) is 16.0 Å². The average Bonchev–Trinajstić information content (AvgIpc) is 2.99. The summed E-state index contributed by atoms with van der Waals surface area (Å²) >= 11 is 0. The van der Waals surface area contributed by atoms with Gasteiger partial charge in [-0.1, -0.05) is 658 Å². The number of aliphatic hydroxyl groups excluding tert-OH is 1. The molecule has 0 unspecified atom stereocenters. The van der Waals surface area contributed by atoms with E-state index in [9.17, 15) is 0 Å². The molecule has 0 rings (SSSR count). The fourth-order valence-electron chi connectivity index (χ4n) is 17.0. The Morgan fingerprint density at radius 2 is 0.157 bits per heavy atom. The number of unbranched alkanes of at least 4 members (excludes halogenated alkanes) is 90. The number of aliphatic hydroxyl groups is 1. The Labute approximate surface area is 748 Å². The van der Waals surface area contributed by atoms with Gasteiger partial charge < -0.3 is 21.1 Å². The monoisotopic (exact) mass is 1660 g/mol. The zero-order valence-electron chi connectivity index (χ0n) is 82.1. The molecule has 0 aromatic carbocycles. The van der Waals surface area contributed by atoms with Gasteiger partial charge in [-0.05, 0) is 6.92 Å². The molecular formula is C110H228N3OTi. The van der Waals surface area contributed by atoms with Crippen molar-refractivity contribution in [3.8, 4) is 0 Å². The van der Waals surface area contributed by atoms with E-state index in [2.05, 4.69) is 41.5 Å². The van der Waals surface area contributed by atoms with Gasteiger partial charge in [0.2, 0.25) is 0 Å². The maximum absolute atomic E-state index is 7.57. The fourth-order valence-corrected chi connectivity index (χ4v) is 17.0. The molecule has 4 nitrogen and oxygen atoms in total. The summed E-state index contributed by atoms with van der Waals surface area (Å²) < 4.78 is 0. The Balaban J connectivity index is -0.000000514. The molecular weight excluding hydrogens is 1430 g/mol. The predicted molar refractivity (Wildman–Crippen MR) is 529 cm³/mol. The van der Waals surface area contributed by atoms with Gasteiger partial charge in [-0.25, -0.2) is 0 Å². The van der Waals surface area contributed by atoms with Crippen LogP contribution in [0.4, 0.5) is 0 Å². The Morgan fingerprint density at radius 1 is 0.104 bits per heavy atom. The van der Waals surface area contributed by atoms with Crippen LogP contribution in [-0.4, -0.2) is 51.0 Å². The molecule has 0 saturated carbocycles. The van der Waals surface area contributed by atoms with Crippen LogP contribution in [0, 0.1) is 0 Å². The van der Waals surface area contributed by atoms with E-state index in [1.165, 1.54) is 616 Å². The van der Waals surface area contributed by atoms with Crippen LogP contribution in [0.15, 0.2) is 0 Å². The van der Waals surface area contributed by atoms with E-state index in [1.54, 1.807) is 6.92 Å². The molecule has 0 amide bonds. The molecule has 1 radical (unpaired) electrons. The molecule has 0 aliphatic heterocycles. The fraction of sp³-hybridized carbons (Fsp3) is 1.00. The van der Waals surface area contributed by atoms with Gasteiger partial charge in [-0.3, -0.25) is 0 Å². The van der Waals surface area contributed by atoms with Gasteiger partial charge in [-0.15, -0.1) is 39.3 Å². The van der Waals surface area contributed by atoms with Crippen LogP contribution in [0.5, 0.6) is 0 Å². The molecule has 1 N–H and O–H groups in total. The third-order valence-corrected chi connectivity index (χ3v) is 25.0. The van der Waals surface area contributed by atoms with Gasteiger partial charge in [0.1, 0.15) is 0 Å². The summed E-state index contributed by atoms with van der Waals surface area (Å²) in [7, 11) is 0. The first-order chi connectivity index (χ1) is 56.7. The van der Waals surface area contributed by atoms with Gasteiger partial charge in [0.05, 0.1) is 0 Å². The number of hydrogen-bond donors (Lipinski definition) is 1. The Morgan fingerprint density at radius 3 is 0.217 bits per heavy atom. The van der Waals surface area contributed by atoms with Crippen molar-refractivity contribution in [2.75, 3.05) is 45.9 Å². The summed E-state index contributed by atoms with van der Waals surface area (Å²) in [5.74, 6) is 0. The molecule has 0 heterocycles. The third kappa shape index (κ3) is 138. The molecule has 0 saturated heterocycles. The van der Waals surface area contributed by atoms with Gasteiger partial charge in [-0.2, -0.15) is 0 Å². The van der Waals surface area contributed by atoms with Crippen molar-refractivity contribution in [1.82, 2.24) is 0 Å². The molecule has 0 aromatic heterocycles. The Kier molecular flexibility index (Phi) is 140. The first-order valence-electron chi connectivity index (χ1n) is 55.2. The third-order valence-electron chi connectivity index (χ3n) is 25.0. The second-order valence-corrected chi connectivity index (χ2v) is 37.1. The summed E-state index contributed by atoms with van der Waals surface area (Å²) in [4.78, 5) is 0. The molecule has 0 aliphatic rings. The quantitative estimate of drug-likeness (QED) is 0.0479. The molecule has 0 fully saturated rings. The number of hydrogen-bond acceptors (Lipinski definition) is 1. The summed E-state index contributed by atoms with van der Waals surface area (Å²) in [6.07, 6.45) is 139.